The van der Waals surface area contributed by atoms with Gasteiger partial charge in [0.05, 0.1) is 22.5 Å². The lowest BCUT2D eigenvalue weighted by Crippen LogP contribution is -2.03. The number of pyridine rings is 1. The highest BCUT2D eigenvalue weighted by atomic mass is 16.4. The van der Waals surface area contributed by atoms with E-state index < -0.39 is 5.97 Å². The van der Waals surface area contributed by atoms with E-state index in [2.05, 4.69) is 22.2 Å². The maximum atomic E-state index is 11.3. The average molecular weight is 329 g/mol. The molecule has 0 fully saturated rings. The fraction of sp³-hybridized carbons (Fsp3) is 0.0500. The molecule has 2 aromatic heterocycles. The fourth-order valence-corrected chi connectivity index (χ4v) is 2.93. The number of aromatic nitrogens is 3. The monoisotopic (exact) mass is 329 g/mol. The van der Waals surface area contributed by atoms with Crippen molar-refractivity contribution in [3.05, 3.63) is 89.9 Å². The highest BCUT2D eigenvalue weighted by Crippen LogP contribution is 2.25. The largest absolute Gasteiger partial charge is 0.478 e. The van der Waals surface area contributed by atoms with Crippen LogP contribution in [0.4, 0.5) is 0 Å². The predicted octanol–water partition coefficient (Wildman–Crippen LogP) is 3.71. The molecule has 0 aliphatic heterocycles. The third-order valence-corrected chi connectivity index (χ3v) is 4.14. The van der Waals surface area contributed by atoms with Gasteiger partial charge in [0.25, 0.3) is 0 Å². The van der Waals surface area contributed by atoms with Gasteiger partial charge >= 0.3 is 5.97 Å². The molecule has 5 nitrogen and oxygen atoms in total. The van der Waals surface area contributed by atoms with Gasteiger partial charge in [-0.25, -0.2) is 9.48 Å². The summed E-state index contributed by atoms with van der Waals surface area (Å²) in [5.41, 5.74) is 3.99. The quantitative estimate of drug-likeness (QED) is 0.620. The van der Waals surface area contributed by atoms with Crippen LogP contribution in [-0.2, 0) is 6.42 Å². The molecule has 4 rings (SSSR count). The zero-order valence-corrected chi connectivity index (χ0v) is 13.3. The number of benzene rings is 2. The van der Waals surface area contributed by atoms with Crippen molar-refractivity contribution < 1.29 is 9.90 Å². The highest BCUT2D eigenvalue weighted by Gasteiger charge is 2.15. The van der Waals surface area contributed by atoms with Gasteiger partial charge in [-0.3, -0.25) is 4.98 Å². The number of nitrogens with zero attached hydrogens (tertiary/aromatic N) is 3. The first-order valence-corrected chi connectivity index (χ1v) is 7.91. The second kappa shape index (κ2) is 6.20. The van der Waals surface area contributed by atoms with Gasteiger partial charge in [-0.15, -0.1) is 0 Å². The molecule has 0 radical (unpaired) electrons. The molecule has 0 saturated carbocycles. The van der Waals surface area contributed by atoms with Crippen molar-refractivity contribution in [1.82, 2.24) is 14.8 Å². The Kier molecular flexibility index (Phi) is 3.74. The Morgan fingerprint density at radius 3 is 2.48 bits per heavy atom. The second-order valence-electron chi connectivity index (χ2n) is 5.76. The van der Waals surface area contributed by atoms with Gasteiger partial charge in [0.15, 0.2) is 0 Å². The van der Waals surface area contributed by atoms with Gasteiger partial charge in [-0.1, -0.05) is 36.4 Å². The molecule has 5 heteroatoms. The Hall–Kier alpha value is -3.47. The lowest BCUT2D eigenvalue weighted by molar-refractivity contribution is 0.0697. The number of carboxylic acid groups (broad SMARTS) is 1. The zero-order chi connectivity index (χ0) is 17.2. The molecule has 0 aliphatic carbocycles. The van der Waals surface area contributed by atoms with Crippen LogP contribution in [0.3, 0.4) is 0 Å². The van der Waals surface area contributed by atoms with E-state index in [4.69, 9.17) is 0 Å². The van der Waals surface area contributed by atoms with E-state index in [9.17, 15) is 9.90 Å². The molecule has 0 saturated heterocycles. The minimum absolute atomic E-state index is 0.234. The Morgan fingerprint density at radius 2 is 1.76 bits per heavy atom. The second-order valence-corrected chi connectivity index (χ2v) is 5.76. The topological polar surface area (TPSA) is 68.0 Å². The van der Waals surface area contributed by atoms with Crippen molar-refractivity contribution in [2.45, 2.75) is 6.42 Å². The Bertz CT molecular complexity index is 1040. The third kappa shape index (κ3) is 2.87. The van der Waals surface area contributed by atoms with Crippen LogP contribution < -0.4 is 0 Å². The van der Waals surface area contributed by atoms with Crippen LogP contribution in [0.25, 0.3) is 16.6 Å². The molecule has 0 atom stereocenters. The summed E-state index contributed by atoms with van der Waals surface area (Å²) in [6, 6.07) is 19.0. The molecular formula is C20H15N3O2. The van der Waals surface area contributed by atoms with Crippen molar-refractivity contribution in [2.75, 3.05) is 0 Å². The number of carbonyl (C=O) groups is 1. The predicted molar refractivity (Wildman–Crippen MR) is 95.1 cm³/mol. The summed E-state index contributed by atoms with van der Waals surface area (Å²) >= 11 is 0. The zero-order valence-electron chi connectivity index (χ0n) is 13.3. The summed E-state index contributed by atoms with van der Waals surface area (Å²) in [4.78, 5) is 15.3. The van der Waals surface area contributed by atoms with Crippen LogP contribution in [0.15, 0.2) is 73.1 Å². The first-order valence-electron chi connectivity index (χ1n) is 7.91. The number of carboxylic acids is 1. The fourth-order valence-electron chi connectivity index (χ4n) is 2.93. The Labute approximate surface area is 144 Å². The van der Waals surface area contributed by atoms with E-state index in [1.165, 1.54) is 5.56 Å². The van der Waals surface area contributed by atoms with Crippen LogP contribution >= 0.6 is 0 Å². The van der Waals surface area contributed by atoms with Gasteiger partial charge in [0.2, 0.25) is 0 Å². The van der Waals surface area contributed by atoms with E-state index in [1.807, 2.05) is 41.1 Å². The maximum Gasteiger partial charge on any atom is 0.335 e. The molecular weight excluding hydrogens is 314 g/mol. The van der Waals surface area contributed by atoms with E-state index in [0.29, 0.717) is 11.9 Å². The maximum absolute atomic E-state index is 11.3. The van der Waals surface area contributed by atoms with Gasteiger partial charge in [-0.05, 0) is 29.8 Å². The molecule has 0 aliphatic rings. The highest BCUT2D eigenvalue weighted by molar-refractivity contribution is 5.94. The van der Waals surface area contributed by atoms with Gasteiger partial charge in [0.1, 0.15) is 0 Å². The van der Waals surface area contributed by atoms with E-state index >= 15 is 0 Å². The summed E-state index contributed by atoms with van der Waals surface area (Å²) < 4.78 is 1.87. The minimum atomic E-state index is -0.954. The van der Waals surface area contributed by atoms with Crippen molar-refractivity contribution in [3.63, 3.8) is 0 Å². The van der Waals surface area contributed by atoms with Gasteiger partial charge < -0.3 is 5.11 Å². The summed E-state index contributed by atoms with van der Waals surface area (Å²) in [6.45, 7) is 0. The molecule has 4 aromatic rings. The van der Waals surface area contributed by atoms with Crippen LogP contribution in [0, 0.1) is 0 Å². The molecule has 1 N–H and O–H groups in total. The van der Waals surface area contributed by atoms with Crippen molar-refractivity contribution in [2.24, 2.45) is 0 Å². The number of rotatable bonds is 4. The number of aromatic carboxylic acids is 1. The van der Waals surface area contributed by atoms with Gasteiger partial charge in [-0.2, -0.15) is 5.10 Å². The summed E-state index contributed by atoms with van der Waals surface area (Å²) in [7, 11) is 0. The van der Waals surface area contributed by atoms with Crippen molar-refractivity contribution >= 4 is 16.9 Å². The average Bonchev–Trinajstić information content (AvgIpc) is 3.01. The molecule has 0 bridgehead atoms. The first-order chi connectivity index (χ1) is 12.2. The van der Waals surface area contributed by atoms with Gasteiger partial charge in [0, 0.05) is 24.2 Å². The van der Waals surface area contributed by atoms with Crippen LogP contribution in [0.5, 0.6) is 0 Å². The van der Waals surface area contributed by atoms with Crippen molar-refractivity contribution in [3.8, 4) is 5.69 Å². The van der Waals surface area contributed by atoms with Crippen LogP contribution in [-0.4, -0.2) is 25.8 Å². The lowest BCUT2D eigenvalue weighted by atomic mass is 10.1. The molecule has 0 amide bonds. The summed E-state index contributed by atoms with van der Waals surface area (Å²) in [5, 5.41) is 14.8. The molecule has 2 heterocycles. The summed E-state index contributed by atoms with van der Waals surface area (Å²) in [6.07, 6.45) is 4.14. The van der Waals surface area contributed by atoms with E-state index in [1.54, 1.807) is 24.5 Å². The molecule has 25 heavy (non-hydrogen) atoms. The Morgan fingerprint density at radius 1 is 1.00 bits per heavy atom. The molecule has 0 unspecified atom stereocenters. The summed E-state index contributed by atoms with van der Waals surface area (Å²) in [5.74, 6) is -0.954. The first kappa shape index (κ1) is 15.1. The van der Waals surface area contributed by atoms with E-state index in [-0.39, 0.29) is 5.56 Å². The standard InChI is InChI=1S/C20H15N3O2/c24-20(25)15-6-7-17-18(13-15)22-23(16-8-10-21-11-9-16)19(17)12-14-4-2-1-3-5-14/h1-11,13H,12H2,(H,24,25). The number of fused-ring (bicyclic) bond motifs is 1. The van der Waals surface area contributed by atoms with E-state index in [0.717, 1.165) is 16.8 Å². The number of hydrogen-bond donors (Lipinski definition) is 1. The molecule has 0 spiro atoms. The molecule has 2 aromatic carbocycles. The smallest absolute Gasteiger partial charge is 0.335 e. The SMILES string of the molecule is O=C(O)c1ccc2c(Cc3ccccc3)n(-c3ccncc3)nc2c1. The lowest BCUT2D eigenvalue weighted by Gasteiger charge is -2.08. The molecule has 122 valence electrons. The van der Waals surface area contributed by atoms with Crippen LogP contribution in [0.2, 0.25) is 0 Å². The minimum Gasteiger partial charge on any atom is -0.478 e. The third-order valence-electron chi connectivity index (χ3n) is 4.14. The van der Waals surface area contributed by atoms with Crippen LogP contribution in [0.1, 0.15) is 21.6 Å². The van der Waals surface area contributed by atoms with Crippen molar-refractivity contribution in [1.29, 1.82) is 0 Å². The normalized spacial score (nSPS) is 10.9. The number of hydrogen-bond acceptors (Lipinski definition) is 3. The Balaban J connectivity index is 1.92.